The fraction of sp³-hybridized carbons (Fsp3) is 0.381. The van der Waals surface area contributed by atoms with Crippen LogP contribution in [0.3, 0.4) is 0 Å². The molecular weight excluding hydrogens is 374 g/mol. The average Bonchev–Trinajstić information content (AvgIpc) is 2.68. The van der Waals surface area contributed by atoms with E-state index in [1.165, 1.54) is 29.5 Å². The van der Waals surface area contributed by atoms with E-state index in [0.717, 1.165) is 22.9 Å². The lowest BCUT2D eigenvalue weighted by atomic mass is 10.0. The maximum Gasteiger partial charge on any atom is 0.270 e. The summed E-state index contributed by atoms with van der Waals surface area (Å²) in [7, 11) is 2.03. The third kappa shape index (κ3) is 4.72. The van der Waals surface area contributed by atoms with Gasteiger partial charge in [0.05, 0.1) is 10.5 Å². The van der Waals surface area contributed by atoms with E-state index in [0.29, 0.717) is 24.6 Å². The van der Waals surface area contributed by atoms with Crippen LogP contribution in [0.15, 0.2) is 52.3 Å². The topological polar surface area (TPSA) is 66.7 Å². The molecule has 0 atom stereocenters. The molecule has 3 rings (SSSR count). The lowest BCUT2D eigenvalue weighted by Crippen LogP contribution is -2.47. The fourth-order valence-electron chi connectivity index (χ4n) is 3.12. The van der Waals surface area contributed by atoms with Gasteiger partial charge in [0.15, 0.2) is 0 Å². The number of amides is 1. The fourth-order valence-corrected chi connectivity index (χ4v) is 4.03. The summed E-state index contributed by atoms with van der Waals surface area (Å²) in [6, 6.07) is 12.8. The monoisotopic (exact) mass is 399 g/mol. The minimum Gasteiger partial charge on any atom is -0.336 e. The van der Waals surface area contributed by atoms with Crippen molar-refractivity contribution in [3.63, 3.8) is 0 Å². The molecule has 1 aliphatic rings. The second-order valence-electron chi connectivity index (χ2n) is 7.36. The van der Waals surface area contributed by atoms with Crippen LogP contribution >= 0.6 is 11.8 Å². The summed E-state index contributed by atoms with van der Waals surface area (Å²) in [5, 5.41) is 11.2. The highest BCUT2D eigenvalue weighted by atomic mass is 32.2. The number of nitrogens with zero attached hydrogens (tertiary/aromatic N) is 3. The van der Waals surface area contributed by atoms with Crippen LogP contribution in [0.4, 0.5) is 5.69 Å². The first-order chi connectivity index (χ1) is 13.3. The Hall–Kier alpha value is -2.38. The molecule has 0 spiro atoms. The van der Waals surface area contributed by atoms with Crippen LogP contribution in [-0.4, -0.2) is 53.9 Å². The number of benzene rings is 2. The molecule has 0 unspecified atom stereocenters. The number of rotatable bonds is 5. The normalized spacial score (nSPS) is 15.1. The average molecular weight is 400 g/mol. The molecule has 28 heavy (non-hydrogen) atoms. The van der Waals surface area contributed by atoms with E-state index in [-0.39, 0.29) is 11.6 Å². The number of nitro benzene ring substituents is 1. The molecule has 1 heterocycles. The Balaban J connectivity index is 1.89. The minimum absolute atomic E-state index is 0.0583. The van der Waals surface area contributed by atoms with Crippen molar-refractivity contribution in [3.05, 3.63) is 63.7 Å². The number of likely N-dealkylation sites (N-methyl/N-ethyl adjacent to an activating group) is 1. The Labute approximate surface area is 169 Å². The van der Waals surface area contributed by atoms with Gasteiger partial charge in [0.25, 0.3) is 11.6 Å². The number of nitro groups is 1. The molecule has 0 radical (unpaired) electrons. The standard InChI is InChI=1S/C21H25N3O3S/c1-15(2)16-4-7-18(8-5-16)28-20-9-6-17(24(26)27)14-19(20)21(25)23-12-10-22(3)11-13-23/h4-9,14-15H,10-13H2,1-3H3. The van der Waals surface area contributed by atoms with Gasteiger partial charge in [-0.1, -0.05) is 37.7 Å². The first-order valence-corrected chi connectivity index (χ1v) is 10.2. The molecular formula is C21H25N3O3S. The Bertz CT molecular complexity index is 860. The van der Waals surface area contributed by atoms with Gasteiger partial charge in [-0.05, 0) is 36.7 Å². The van der Waals surface area contributed by atoms with E-state index in [4.69, 9.17) is 0 Å². The van der Waals surface area contributed by atoms with Gasteiger partial charge in [-0.25, -0.2) is 0 Å². The lowest BCUT2D eigenvalue weighted by Gasteiger charge is -2.32. The number of carbonyl (C=O) groups is 1. The quantitative estimate of drug-likeness (QED) is 0.555. The van der Waals surface area contributed by atoms with Crippen molar-refractivity contribution in [1.82, 2.24) is 9.80 Å². The van der Waals surface area contributed by atoms with Crippen LogP contribution in [-0.2, 0) is 0 Å². The summed E-state index contributed by atoms with van der Waals surface area (Å²) in [6.45, 7) is 7.16. The first-order valence-electron chi connectivity index (χ1n) is 9.39. The third-order valence-corrected chi connectivity index (χ3v) is 6.05. The van der Waals surface area contributed by atoms with Crippen molar-refractivity contribution in [2.24, 2.45) is 0 Å². The number of carbonyl (C=O) groups excluding carboxylic acids is 1. The predicted molar refractivity (Wildman–Crippen MR) is 111 cm³/mol. The Morgan fingerprint density at radius 2 is 1.71 bits per heavy atom. The Kier molecular flexibility index (Phi) is 6.36. The van der Waals surface area contributed by atoms with Crippen LogP contribution in [0.25, 0.3) is 0 Å². The van der Waals surface area contributed by atoms with Crippen molar-refractivity contribution in [2.45, 2.75) is 29.6 Å². The summed E-state index contributed by atoms with van der Waals surface area (Å²) in [5.74, 6) is 0.311. The number of piperazine rings is 1. The summed E-state index contributed by atoms with van der Waals surface area (Å²) in [5.41, 5.74) is 1.59. The molecule has 2 aromatic carbocycles. The van der Waals surface area contributed by atoms with Crippen molar-refractivity contribution in [1.29, 1.82) is 0 Å². The molecule has 1 saturated heterocycles. The number of hydrogen-bond donors (Lipinski definition) is 0. The molecule has 0 N–H and O–H groups in total. The van der Waals surface area contributed by atoms with Gasteiger partial charge in [0.1, 0.15) is 0 Å². The van der Waals surface area contributed by atoms with Crippen molar-refractivity contribution in [3.8, 4) is 0 Å². The number of hydrogen-bond acceptors (Lipinski definition) is 5. The molecule has 0 aromatic heterocycles. The van der Waals surface area contributed by atoms with E-state index in [1.54, 1.807) is 11.0 Å². The van der Waals surface area contributed by atoms with Crippen LogP contribution < -0.4 is 0 Å². The van der Waals surface area contributed by atoms with Gasteiger partial charge >= 0.3 is 0 Å². The predicted octanol–water partition coefficient (Wildman–Crippen LogP) is 4.26. The van der Waals surface area contributed by atoms with Crippen molar-refractivity contribution >= 4 is 23.4 Å². The van der Waals surface area contributed by atoms with Gasteiger partial charge in [-0.3, -0.25) is 14.9 Å². The maximum absolute atomic E-state index is 13.1. The Morgan fingerprint density at radius 3 is 2.29 bits per heavy atom. The molecule has 0 aliphatic carbocycles. The first kappa shape index (κ1) is 20.4. The molecule has 1 fully saturated rings. The van der Waals surface area contributed by atoms with E-state index < -0.39 is 4.92 Å². The zero-order valence-corrected chi connectivity index (χ0v) is 17.2. The van der Waals surface area contributed by atoms with E-state index in [2.05, 4.69) is 30.9 Å². The molecule has 0 bridgehead atoms. The second-order valence-corrected chi connectivity index (χ2v) is 8.47. The summed E-state index contributed by atoms with van der Waals surface area (Å²) >= 11 is 1.47. The summed E-state index contributed by atoms with van der Waals surface area (Å²) in [4.78, 5) is 29.6. The van der Waals surface area contributed by atoms with Gasteiger partial charge in [0, 0.05) is 48.1 Å². The zero-order valence-electron chi connectivity index (χ0n) is 16.4. The SMILES string of the molecule is CC(C)c1ccc(Sc2ccc([N+](=O)[O-])cc2C(=O)N2CCN(C)CC2)cc1. The second kappa shape index (κ2) is 8.75. The summed E-state index contributed by atoms with van der Waals surface area (Å²) < 4.78 is 0. The van der Waals surface area contributed by atoms with Gasteiger partial charge in [-0.2, -0.15) is 0 Å². The van der Waals surface area contributed by atoms with Gasteiger partial charge < -0.3 is 9.80 Å². The molecule has 2 aromatic rings. The van der Waals surface area contributed by atoms with E-state index >= 15 is 0 Å². The van der Waals surface area contributed by atoms with Crippen LogP contribution in [0, 0.1) is 10.1 Å². The molecule has 1 amide bonds. The third-order valence-electron chi connectivity index (χ3n) is 4.97. The molecule has 148 valence electrons. The smallest absolute Gasteiger partial charge is 0.270 e. The number of non-ortho nitro benzene ring substituents is 1. The highest BCUT2D eigenvalue weighted by molar-refractivity contribution is 7.99. The van der Waals surface area contributed by atoms with E-state index in [9.17, 15) is 14.9 Å². The van der Waals surface area contributed by atoms with Crippen LogP contribution in [0.5, 0.6) is 0 Å². The van der Waals surface area contributed by atoms with E-state index in [1.807, 2.05) is 19.2 Å². The van der Waals surface area contributed by atoms with Crippen LogP contribution in [0.2, 0.25) is 0 Å². The summed E-state index contributed by atoms with van der Waals surface area (Å²) in [6.07, 6.45) is 0. The highest BCUT2D eigenvalue weighted by Crippen LogP contribution is 2.34. The van der Waals surface area contributed by atoms with Crippen molar-refractivity contribution in [2.75, 3.05) is 33.2 Å². The zero-order chi connectivity index (χ0) is 20.3. The Morgan fingerprint density at radius 1 is 1.07 bits per heavy atom. The molecule has 6 nitrogen and oxygen atoms in total. The highest BCUT2D eigenvalue weighted by Gasteiger charge is 2.25. The molecule has 1 aliphatic heterocycles. The van der Waals surface area contributed by atoms with Gasteiger partial charge in [-0.15, -0.1) is 0 Å². The van der Waals surface area contributed by atoms with Gasteiger partial charge in [0.2, 0.25) is 0 Å². The van der Waals surface area contributed by atoms with Crippen LogP contribution in [0.1, 0.15) is 35.7 Å². The molecule has 7 heteroatoms. The lowest BCUT2D eigenvalue weighted by molar-refractivity contribution is -0.384. The minimum atomic E-state index is -0.452. The van der Waals surface area contributed by atoms with Crippen molar-refractivity contribution < 1.29 is 9.72 Å². The maximum atomic E-state index is 13.1. The molecule has 0 saturated carbocycles. The largest absolute Gasteiger partial charge is 0.336 e.